The molecule has 0 amide bonds. The van der Waals surface area contributed by atoms with E-state index in [0.29, 0.717) is 4.47 Å². The smallest absolute Gasteiger partial charge is 0.359 e. The Bertz CT molecular complexity index is 1040. The predicted octanol–water partition coefficient (Wildman–Crippen LogP) is 2.53. The van der Waals surface area contributed by atoms with E-state index in [1.54, 1.807) is 18.2 Å². The number of aromatic nitrogens is 3. The van der Waals surface area contributed by atoms with E-state index >= 15 is 0 Å². The summed E-state index contributed by atoms with van der Waals surface area (Å²) in [5.74, 6) is -0.738. The van der Waals surface area contributed by atoms with Crippen LogP contribution in [0.5, 0.6) is 0 Å². The zero-order valence-electron chi connectivity index (χ0n) is 12.7. The number of aryl methyl sites for hydroxylation is 1. The lowest BCUT2D eigenvalue weighted by Gasteiger charge is -2.05. The number of pyridine rings is 1. The van der Waals surface area contributed by atoms with Gasteiger partial charge in [0.1, 0.15) is 0 Å². The van der Waals surface area contributed by atoms with Gasteiger partial charge in [0.25, 0.3) is 10.0 Å². The van der Waals surface area contributed by atoms with Crippen molar-refractivity contribution in [3.8, 4) is 0 Å². The summed E-state index contributed by atoms with van der Waals surface area (Å²) in [6.07, 6.45) is 1.44. The third-order valence-corrected chi connectivity index (χ3v) is 5.40. The number of fused-ring (bicyclic) bond motifs is 1. The fourth-order valence-corrected chi connectivity index (χ4v) is 3.75. The SMILES string of the molecule is COC(=O)c1nn(S(=O)(=O)c2ccc(C)cc2)c2ncc(Br)cc12. The molecule has 3 rings (SSSR count). The normalized spacial score (nSPS) is 11.6. The molecular formula is C15H12BrN3O4S. The van der Waals surface area contributed by atoms with Crippen LogP contribution in [0.3, 0.4) is 0 Å². The Labute approximate surface area is 146 Å². The molecule has 0 aliphatic rings. The number of ether oxygens (including phenoxy) is 1. The first-order chi connectivity index (χ1) is 11.3. The molecule has 24 heavy (non-hydrogen) atoms. The summed E-state index contributed by atoms with van der Waals surface area (Å²) in [6, 6.07) is 7.90. The van der Waals surface area contributed by atoms with Crippen LogP contribution in [-0.2, 0) is 14.8 Å². The Morgan fingerprint density at radius 3 is 2.54 bits per heavy atom. The van der Waals surface area contributed by atoms with Crippen molar-refractivity contribution in [1.82, 2.24) is 14.2 Å². The number of esters is 1. The third-order valence-electron chi connectivity index (χ3n) is 3.39. The zero-order chi connectivity index (χ0) is 17.5. The molecule has 0 saturated heterocycles. The van der Waals surface area contributed by atoms with Gasteiger partial charge in [0.05, 0.1) is 17.4 Å². The molecule has 0 fully saturated rings. The van der Waals surface area contributed by atoms with E-state index in [1.807, 2.05) is 6.92 Å². The molecule has 0 unspecified atom stereocenters. The highest BCUT2D eigenvalue weighted by atomic mass is 79.9. The number of rotatable bonds is 3. The maximum absolute atomic E-state index is 12.9. The van der Waals surface area contributed by atoms with Gasteiger partial charge in [-0.3, -0.25) is 0 Å². The molecule has 2 heterocycles. The third kappa shape index (κ3) is 2.69. The summed E-state index contributed by atoms with van der Waals surface area (Å²) in [5, 5.41) is 4.23. The van der Waals surface area contributed by atoms with Gasteiger partial charge in [-0.2, -0.15) is 8.42 Å². The van der Waals surface area contributed by atoms with Crippen molar-refractivity contribution in [1.29, 1.82) is 0 Å². The van der Waals surface area contributed by atoms with Gasteiger partial charge in [-0.1, -0.05) is 17.7 Å². The molecule has 0 N–H and O–H groups in total. The average molecular weight is 410 g/mol. The lowest BCUT2D eigenvalue weighted by molar-refractivity contribution is 0.0596. The molecule has 0 aliphatic carbocycles. The van der Waals surface area contributed by atoms with Gasteiger partial charge in [0.2, 0.25) is 0 Å². The fraction of sp³-hybridized carbons (Fsp3) is 0.133. The largest absolute Gasteiger partial charge is 0.464 e. The second kappa shape index (κ2) is 5.99. The second-order valence-corrected chi connectivity index (χ2v) is 7.71. The molecule has 124 valence electrons. The van der Waals surface area contributed by atoms with Crippen LogP contribution >= 0.6 is 15.9 Å². The van der Waals surface area contributed by atoms with Crippen molar-refractivity contribution in [2.75, 3.05) is 7.11 Å². The molecule has 2 aromatic heterocycles. The van der Waals surface area contributed by atoms with Gasteiger partial charge in [-0.25, -0.2) is 9.78 Å². The minimum Gasteiger partial charge on any atom is -0.464 e. The number of methoxy groups -OCH3 is 1. The number of nitrogens with zero attached hydrogens (tertiary/aromatic N) is 3. The van der Waals surface area contributed by atoms with Gasteiger partial charge in [0, 0.05) is 10.7 Å². The number of halogens is 1. The van der Waals surface area contributed by atoms with Crippen LogP contribution in [-0.4, -0.2) is 35.7 Å². The minimum absolute atomic E-state index is 0.0543. The number of carbonyl (C=O) groups is 1. The number of carbonyl (C=O) groups excluding carboxylic acids is 1. The predicted molar refractivity (Wildman–Crippen MR) is 90.3 cm³/mol. The van der Waals surface area contributed by atoms with Crippen molar-refractivity contribution >= 4 is 43.0 Å². The first-order valence-corrected chi connectivity index (χ1v) is 9.02. The molecule has 0 atom stereocenters. The van der Waals surface area contributed by atoms with Crippen LogP contribution in [0.4, 0.5) is 0 Å². The highest BCUT2D eigenvalue weighted by Gasteiger charge is 2.27. The highest BCUT2D eigenvalue weighted by Crippen LogP contribution is 2.25. The topological polar surface area (TPSA) is 91.1 Å². The average Bonchev–Trinajstić information content (AvgIpc) is 2.94. The first kappa shape index (κ1) is 16.6. The molecule has 0 saturated carbocycles. The number of hydrogen-bond donors (Lipinski definition) is 0. The number of benzene rings is 1. The Morgan fingerprint density at radius 2 is 1.92 bits per heavy atom. The molecule has 0 bridgehead atoms. The molecule has 0 aliphatic heterocycles. The number of hydrogen-bond acceptors (Lipinski definition) is 6. The van der Waals surface area contributed by atoms with Crippen molar-refractivity contribution in [3.63, 3.8) is 0 Å². The minimum atomic E-state index is -4.00. The van der Waals surface area contributed by atoms with Crippen LogP contribution < -0.4 is 0 Å². The van der Waals surface area contributed by atoms with Gasteiger partial charge in [0.15, 0.2) is 11.3 Å². The lowest BCUT2D eigenvalue weighted by atomic mass is 10.2. The van der Waals surface area contributed by atoms with Crippen LogP contribution in [0.25, 0.3) is 11.0 Å². The van der Waals surface area contributed by atoms with Crippen molar-refractivity contribution < 1.29 is 17.9 Å². The molecule has 0 radical (unpaired) electrons. The summed E-state index contributed by atoms with van der Waals surface area (Å²) >= 11 is 3.25. The van der Waals surface area contributed by atoms with Crippen LogP contribution in [0.2, 0.25) is 0 Å². The molecule has 7 nitrogen and oxygen atoms in total. The Hall–Kier alpha value is -2.26. The fourth-order valence-electron chi connectivity index (χ4n) is 2.18. The van der Waals surface area contributed by atoms with E-state index in [1.165, 1.54) is 25.4 Å². The van der Waals surface area contributed by atoms with Crippen LogP contribution in [0.1, 0.15) is 16.1 Å². The summed E-state index contributed by atoms with van der Waals surface area (Å²) in [4.78, 5) is 16.1. The van der Waals surface area contributed by atoms with Gasteiger partial charge in [-0.05, 0) is 41.1 Å². The quantitative estimate of drug-likeness (QED) is 0.617. The maximum Gasteiger partial charge on any atom is 0.359 e. The van der Waals surface area contributed by atoms with E-state index in [9.17, 15) is 13.2 Å². The van der Waals surface area contributed by atoms with Crippen molar-refractivity contribution in [2.45, 2.75) is 11.8 Å². The summed E-state index contributed by atoms with van der Waals surface area (Å²) in [6.45, 7) is 1.86. The molecule has 9 heteroatoms. The summed E-state index contributed by atoms with van der Waals surface area (Å²) in [7, 11) is -2.79. The van der Waals surface area contributed by atoms with Crippen LogP contribution in [0, 0.1) is 6.92 Å². The van der Waals surface area contributed by atoms with Crippen molar-refractivity contribution in [2.24, 2.45) is 0 Å². The molecule has 3 aromatic rings. The monoisotopic (exact) mass is 409 g/mol. The first-order valence-electron chi connectivity index (χ1n) is 6.79. The zero-order valence-corrected chi connectivity index (χ0v) is 15.1. The molecular weight excluding hydrogens is 398 g/mol. The van der Waals surface area contributed by atoms with Gasteiger partial charge >= 0.3 is 5.97 Å². The highest BCUT2D eigenvalue weighted by molar-refractivity contribution is 9.10. The summed E-state index contributed by atoms with van der Waals surface area (Å²) < 4.78 is 31.8. The van der Waals surface area contributed by atoms with E-state index < -0.39 is 16.0 Å². The molecule has 0 spiro atoms. The Kier molecular flexibility index (Phi) is 4.14. The van der Waals surface area contributed by atoms with Crippen LogP contribution in [0.15, 0.2) is 45.9 Å². The molecule has 1 aromatic carbocycles. The Balaban J connectivity index is 2.30. The van der Waals surface area contributed by atoms with Gasteiger partial charge < -0.3 is 4.74 Å². The van der Waals surface area contributed by atoms with E-state index in [-0.39, 0.29) is 21.6 Å². The lowest BCUT2D eigenvalue weighted by Crippen LogP contribution is -2.16. The maximum atomic E-state index is 12.9. The van der Waals surface area contributed by atoms with E-state index in [2.05, 4.69) is 30.7 Å². The standard InChI is InChI=1S/C15H12BrN3O4S/c1-9-3-5-11(6-4-9)24(21,22)19-14-12(7-10(16)8-17-14)13(18-19)15(20)23-2/h3-8H,1-2H3. The Morgan fingerprint density at radius 1 is 1.25 bits per heavy atom. The second-order valence-electron chi connectivity index (χ2n) is 5.03. The summed E-state index contributed by atoms with van der Waals surface area (Å²) in [5.41, 5.74) is 0.868. The van der Waals surface area contributed by atoms with E-state index in [0.717, 1.165) is 9.65 Å². The van der Waals surface area contributed by atoms with Crippen molar-refractivity contribution in [3.05, 3.63) is 52.3 Å². The van der Waals surface area contributed by atoms with Gasteiger partial charge in [-0.15, -0.1) is 9.19 Å². The van der Waals surface area contributed by atoms with E-state index in [4.69, 9.17) is 0 Å².